The van der Waals surface area contributed by atoms with Crippen LogP contribution in [0.4, 0.5) is 0 Å². The number of hydrogen-bond donors (Lipinski definition) is 1. The van der Waals surface area contributed by atoms with E-state index in [2.05, 4.69) is 4.98 Å². The fourth-order valence-electron chi connectivity index (χ4n) is 2.68. The van der Waals surface area contributed by atoms with Gasteiger partial charge in [0.2, 0.25) is 0 Å². The molecule has 0 saturated carbocycles. The number of H-pyrrole nitrogens is 1. The summed E-state index contributed by atoms with van der Waals surface area (Å²) in [4.78, 5) is 31.0. The van der Waals surface area contributed by atoms with Crippen molar-refractivity contribution in [3.05, 3.63) is 23.5 Å². The lowest BCUT2D eigenvalue weighted by Gasteiger charge is -2.26. The number of aromatic amines is 1. The van der Waals surface area contributed by atoms with E-state index in [4.69, 9.17) is 4.74 Å². The van der Waals surface area contributed by atoms with Crippen molar-refractivity contribution in [3.63, 3.8) is 0 Å². The van der Waals surface area contributed by atoms with Crippen LogP contribution in [0.1, 0.15) is 33.7 Å². The molecule has 0 aromatic carbocycles. The van der Waals surface area contributed by atoms with E-state index in [1.54, 1.807) is 17.2 Å². The zero-order chi connectivity index (χ0) is 13.9. The van der Waals surface area contributed by atoms with Gasteiger partial charge in [0.1, 0.15) is 5.69 Å². The van der Waals surface area contributed by atoms with E-state index in [1.807, 2.05) is 4.90 Å². The number of amides is 2. The quantitative estimate of drug-likeness (QED) is 0.866. The lowest BCUT2D eigenvalue weighted by atomic mass is 10.2. The maximum Gasteiger partial charge on any atom is 0.270 e. The smallest absolute Gasteiger partial charge is 0.270 e. The van der Waals surface area contributed by atoms with Crippen molar-refractivity contribution < 1.29 is 14.3 Å². The third-order valence-electron chi connectivity index (χ3n) is 3.85. The minimum absolute atomic E-state index is 0.0106. The molecule has 1 N–H and O–H groups in total. The highest BCUT2D eigenvalue weighted by Gasteiger charge is 2.24. The van der Waals surface area contributed by atoms with Crippen LogP contribution >= 0.6 is 0 Å². The highest BCUT2D eigenvalue weighted by molar-refractivity contribution is 5.99. The van der Waals surface area contributed by atoms with Crippen LogP contribution in [0.25, 0.3) is 0 Å². The number of aromatic nitrogens is 1. The summed E-state index contributed by atoms with van der Waals surface area (Å²) >= 11 is 0. The molecule has 2 fully saturated rings. The number of nitrogens with one attached hydrogen (secondary N) is 1. The van der Waals surface area contributed by atoms with Crippen LogP contribution in [-0.4, -0.2) is 66.0 Å². The summed E-state index contributed by atoms with van der Waals surface area (Å²) in [5.41, 5.74) is 1.05. The summed E-state index contributed by atoms with van der Waals surface area (Å²) < 4.78 is 5.23. The van der Waals surface area contributed by atoms with Gasteiger partial charge in [-0.05, 0) is 18.9 Å². The molecule has 108 valence electrons. The van der Waals surface area contributed by atoms with Gasteiger partial charge < -0.3 is 19.5 Å². The maximum atomic E-state index is 12.3. The lowest BCUT2D eigenvalue weighted by Crippen LogP contribution is -2.40. The second-order valence-corrected chi connectivity index (χ2v) is 5.21. The molecule has 2 aliphatic heterocycles. The van der Waals surface area contributed by atoms with Gasteiger partial charge in [-0.2, -0.15) is 0 Å². The van der Waals surface area contributed by atoms with Crippen LogP contribution in [0.2, 0.25) is 0 Å². The molecule has 0 spiro atoms. The Morgan fingerprint density at radius 1 is 1.00 bits per heavy atom. The normalized spacial score (nSPS) is 19.4. The van der Waals surface area contributed by atoms with Crippen molar-refractivity contribution in [2.45, 2.75) is 12.8 Å². The minimum atomic E-state index is -0.0370. The van der Waals surface area contributed by atoms with Gasteiger partial charge in [-0.1, -0.05) is 0 Å². The van der Waals surface area contributed by atoms with Gasteiger partial charge in [-0.3, -0.25) is 9.59 Å². The molecule has 0 atom stereocenters. The molecule has 1 aromatic heterocycles. The van der Waals surface area contributed by atoms with E-state index in [9.17, 15) is 9.59 Å². The third-order valence-corrected chi connectivity index (χ3v) is 3.85. The Kier molecular flexibility index (Phi) is 3.73. The number of carbonyl (C=O) groups is 2. The first kappa shape index (κ1) is 13.2. The highest BCUT2D eigenvalue weighted by atomic mass is 16.5. The Morgan fingerprint density at radius 2 is 1.65 bits per heavy atom. The summed E-state index contributed by atoms with van der Waals surface area (Å²) in [6.07, 6.45) is 3.75. The van der Waals surface area contributed by atoms with Crippen molar-refractivity contribution in [1.29, 1.82) is 0 Å². The number of carbonyl (C=O) groups excluding carboxylic acids is 2. The Morgan fingerprint density at radius 3 is 2.35 bits per heavy atom. The third kappa shape index (κ3) is 2.56. The Bertz CT molecular complexity index is 500. The molecule has 0 bridgehead atoms. The second kappa shape index (κ2) is 5.66. The molecular weight excluding hydrogens is 258 g/mol. The molecule has 1 aromatic rings. The van der Waals surface area contributed by atoms with Crippen LogP contribution in [0, 0.1) is 0 Å². The van der Waals surface area contributed by atoms with E-state index >= 15 is 0 Å². The number of rotatable bonds is 2. The van der Waals surface area contributed by atoms with Gasteiger partial charge in [-0.15, -0.1) is 0 Å². The lowest BCUT2D eigenvalue weighted by molar-refractivity contribution is 0.0303. The molecule has 20 heavy (non-hydrogen) atoms. The monoisotopic (exact) mass is 277 g/mol. The number of ether oxygens (including phenoxy) is 1. The Balaban J connectivity index is 1.69. The molecule has 3 rings (SSSR count). The number of nitrogens with zero attached hydrogens (tertiary/aromatic N) is 2. The number of morpholine rings is 1. The topological polar surface area (TPSA) is 65.6 Å². The van der Waals surface area contributed by atoms with Gasteiger partial charge in [0, 0.05) is 32.4 Å². The fraction of sp³-hybridized carbons (Fsp3) is 0.571. The molecular formula is C14H19N3O3. The average molecular weight is 277 g/mol. The van der Waals surface area contributed by atoms with Crippen molar-refractivity contribution in [1.82, 2.24) is 14.8 Å². The van der Waals surface area contributed by atoms with E-state index in [0.717, 1.165) is 25.9 Å². The van der Waals surface area contributed by atoms with E-state index in [0.29, 0.717) is 37.6 Å². The van der Waals surface area contributed by atoms with Crippen molar-refractivity contribution >= 4 is 11.8 Å². The molecule has 0 unspecified atom stereocenters. The van der Waals surface area contributed by atoms with Gasteiger partial charge >= 0.3 is 0 Å². The summed E-state index contributed by atoms with van der Waals surface area (Å²) in [6.45, 7) is 4.00. The maximum absolute atomic E-state index is 12.3. The molecule has 6 heteroatoms. The van der Waals surface area contributed by atoms with Crippen LogP contribution < -0.4 is 0 Å². The minimum Gasteiger partial charge on any atom is -0.378 e. The van der Waals surface area contributed by atoms with Crippen molar-refractivity contribution in [2.24, 2.45) is 0 Å². The van der Waals surface area contributed by atoms with Crippen LogP contribution in [0.15, 0.2) is 12.3 Å². The van der Waals surface area contributed by atoms with Gasteiger partial charge in [0.15, 0.2) is 0 Å². The summed E-state index contributed by atoms with van der Waals surface area (Å²) in [6, 6.07) is 1.67. The van der Waals surface area contributed by atoms with Crippen molar-refractivity contribution in [2.75, 3.05) is 39.4 Å². The zero-order valence-electron chi connectivity index (χ0n) is 11.4. The molecule has 2 amide bonds. The largest absolute Gasteiger partial charge is 0.378 e. The first-order chi connectivity index (χ1) is 9.75. The predicted octanol–water partition coefficient (Wildman–Crippen LogP) is 0.723. The second-order valence-electron chi connectivity index (χ2n) is 5.21. The van der Waals surface area contributed by atoms with Gasteiger partial charge in [0.25, 0.3) is 11.8 Å². The molecule has 6 nitrogen and oxygen atoms in total. The van der Waals surface area contributed by atoms with E-state index in [-0.39, 0.29) is 11.8 Å². The average Bonchev–Trinajstić information content (AvgIpc) is 3.18. The molecule has 3 heterocycles. The van der Waals surface area contributed by atoms with E-state index in [1.165, 1.54) is 0 Å². The predicted molar refractivity (Wildman–Crippen MR) is 72.7 cm³/mol. The van der Waals surface area contributed by atoms with Crippen LogP contribution in [-0.2, 0) is 4.74 Å². The SMILES string of the molecule is O=C(c1c[nH]c(C(=O)N2CCCC2)c1)N1CCOCC1. The summed E-state index contributed by atoms with van der Waals surface area (Å²) in [7, 11) is 0. The van der Waals surface area contributed by atoms with E-state index < -0.39 is 0 Å². The molecule has 2 aliphatic rings. The van der Waals surface area contributed by atoms with Gasteiger partial charge in [0.05, 0.1) is 18.8 Å². The standard InChI is InChI=1S/C14H19N3O3/c18-13(17-5-7-20-8-6-17)11-9-12(15-10-11)14(19)16-3-1-2-4-16/h9-10,15H,1-8H2. The summed E-state index contributed by atoms with van der Waals surface area (Å²) in [5.74, 6) is -0.0476. The number of hydrogen-bond acceptors (Lipinski definition) is 3. The number of likely N-dealkylation sites (tertiary alicyclic amines) is 1. The fourth-order valence-corrected chi connectivity index (χ4v) is 2.68. The summed E-state index contributed by atoms with van der Waals surface area (Å²) in [5, 5.41) is 0. The Hall–Kier alpha value is -1.82. The highest BCUT2D eigenvalue weighted by Crippen LogP contribution is 2.14. The first-order valence-corrected chi connectivity index (χ1v) is 7.10. The zero-order valence-corrected chi connectivity index (χ0v) is 11.4. The van der Waals surface area contributed by atoms with Crippen molar-refractivity contribution in [3.8, 4) is 0 Å². The molecule has 0 radical (unpaired) electrons. The van der Waals surface area contributed by atoms with Crippen LogP contribution in [0.3, 0.4) is 0 Å². The molecule has 0 aliphatic carbocycles. The Labute approximate surface area is 117 Å². The van der Waals surface area contributed by atoms with Crippen LogP contribution in [0.5, 0.6) is 0 Å². The molecule has 2 saturated heterocycles. The van der Waals surface area contributed by atoms with Gasteiger partial charge in [-0.25, -0.2) is 0 Å². The first-order valence-electron chi connectivity index (χ1n) is 7.10.